The number of urea groups is 1. The van der Waals surface area contributed by atoms with Crippen LogP contribution in [0.2, 0.25) is 5.02 Å². The van der Waals surface area contributed by atoms with Gasteiger partial charge in [0.1, 0.15) is 5.75 Å². The second-order valence-electron chi connectivity index (χ2n) is 12.0. The van der Waals surface area contributed by atoms with E-state index in [1.165, 1.54) is 35.6 Å². The van der Waals surface area contributed by atoms with Crippen molar-refractivity contribution in [3.05, 3.63) is 53.1 Å². The van der Waals surface area contributed by atoms with E-state index in [-0.39, 0.29) is 48.2 Å². The summed E-state index contributed by atoms with van der Waals surface area (Å²) in [6, 6.07) is 9.88. The third-order valence-electron chi connectivity index (χ3n) is 7.69. The third-order valence-corrected chi connectivity index (χ3v) is 9.78. The monoisotopic (exact) mass is 666 g/mol. The van der Waals surface area contributed by atoms with Crippen LogP contribution in [0.3, 0.4) is 0 Å². The minimum absolute atomic E-state index is 0.0524. The first kappa shape index (κ1) is 36.6. The van der Waals surface area contributed by atoms with E-state index in [4.69, 9.17) is 21.1 Å². The van der Waals surface area contributed by atoms with Gasteiger partial charge in [0.15, 0.2) is 0 Å². The molecule has 1 aliphatic heterocycles. The number of benzene rings is 2. The van der Waals surface area contributed by atoms with Gasteiger partial charge in [-0.1, -0.05) is 18.5 Å². The molecule has 13 heteroatoms. The summed E-state index contributed by atoms with van der Waals surface area (Å²) in [6.45, 7) is 9.59. The summed E-state index contributed by atoms with van der Waals surface area (Å²) < 4.78 is 40.5. The number of hydrogen-bond acceptors (Lipinski definition) is 7. The second-order valence-corrected chi connectivity index (χ2v) is 14.5. The van der Waals surface area contributed by atoms with Crippen LogP contribution in [0.25, 0.3) is 0 Å². The fourth-order valence-electron chi connectivity index (χ4n) is 5.03. The van der Waals surface area contributed by atoms with Gasteiger partial charge in [-0.15, -0.1) is 0 Å². The molecule has 2 aromatic carbocycles. The van der Waals surface area contributed by atoms with Gasteiger partial charge in [0, 0.05) is 49.4 Å². The van der Waals surface area contributed by atoms with E-state index in [9.17, 15) is 23.1 Å². The van der Waals surface area contributed by atoms with Crippen molar-refractivity contribution in [3.8, 4) is 5.75 Å². The SMILES string of the molecule is CC(C)NC(=O)Nc1ccc2c(c1)C(=O)N([C@@H](C)CO)C[C@H](C)[C@H](CN(C)S(=O)(=O)c1ccc(Cl)cc1)OCCCC[C@H](C)O2. The smallest absolute Gasteiger partial charge is 0.319 e. The summed E-state index contributed by atoms with van der Waals surface area (Å²) in [5.74, 6) is -0.338. The lowest BCUT2D eigenvalue weighted by atomic mass is 10.0. The van der Waals surface area contributed by atoms with Crippen molar-refractivity contribution in [1.29, 1.82) is 0 Å². The van der Waals surface area contributed by atoms with E-state index in [0.717, 1.165) is 12.8 Å². The predicted octanol–water partition coefficient (Wildman–Crippen LogP) is 4.99. The first-order valence-corrected chi connectivity index (χ1v) is 17.2. The highest BCUT2D eigenvalue weighted by atomic mass is 35.5. The molecule has 0 saturated carbocycles. The van der Waals surface area contributed by atoms with E-state index in [0.29, 0.717) is 29.5 Å². The molecule has 0 saturated heterocycles. The van der Waals surface area contributed by atoms with E-state index in [1.54, 1.807) is 30.0 Å². The van der Waals surface area contributed by atoms with Crippen LogP contribution in [0, 0.1) is 5.92 Å². The Morgan fingerprint density at radius 3 is 2.47 bits per heavy atom. The predicted molar refractivity (Wildman–Crippen MR) is 175 cm³/mol. The first-order valence-electron chi connectivity index (χ1n) is 15.4. The van der Waals surface area contributed by atoms with Gasteiger partial charge in [-0.05, 0) is 89.4 Å². The number of aliphatic hydroxyl groups excluding tert-OH is 1. The van der Waals surface area contributed by atoms with Gasteiger partial charge in [0.25, 0.3) is 5.91 Å². The molecule has 1 aliphatic rings. The first-order chi connectivity index (χ1) is 21.2. The number of nitrogens with zero attached hydrogens (tertiary/aromatic N) is 2. The molecule has 250 valence electrons. The summed E-state index contributed by atoms with van der Waals surface area (Å²) in [4.78, 5) is 28.3. The van der Waals surface area contributed by atoms with Crippen molar-refractivity contribution < 1.29 is 32.6 Å². The van der Waals surface area contributed by atoms with E-state index < -0.39 is 34.1 Å². The molecule has 0 unspecified atom stereocenters. The highest BCUT2D eigenvalue weighted by Gasteiger charge is 2.32. The van der Waals surface area contributed by atoms with Gasteiger partial charge in [0.2, 0.25) is 10.0 Å². The minimum atomic E-state index is -3.84. The van der Waals surface area contributed by atoms with E-state index >= 15 is 0 Å². The molecule has 1 heterocycles. The molecule has 11 nitrogen and oxygen atoms in total. The lowest BCUT2D eigenvalue weighted by molar-refractivity contribution is -0.00833. The van der Waals surface area contributed by atoms with Crippen molar-refractivity contribution in [3.63, 3.8) is 0 Å². The van der Waals surface area contributed by atoms with Gasteiger partial charge in [-0.25, -0.2) is 13.2 Å². The maximum Gasteiger partial charge on any atom is 0.319 e. The van der Waals surface area contributed by atoms with Gasteiger partial charge >= 0.3 is 6.03 Å². The number of likely N-dealkylation sites (N-methyl/N-ethyl adjacent to an activating group) is 1. The molecular formula is C32H47ClN4O7S. The summed E-state index contributed by atoms with van der Waals surface area (Å²) in [5.41, 5.74) is 0.658. The van der Waals surface area contributed by atoms with E-state index in [2.05, 4.69) is 10.6 Å². The van der Waals surface area contributed by atoms with Crippen LogP contribution in [0.15, 0.2) is 47.4 Å². The van der Waals surface area contributed by atoms with Crippen molar-refractivity contribution in [2.75, 3.05) is 38.7 Å². The van der Waals surface area contributed by atoms with Crippen LogP contribution >= 0.6 is 11.6 Å². The number of nitrogens with one attached hydrogen (secondary N) is 2. The fraction of sp³-hybridized carbons (Fsp3) is 0.562. The Balaban J connectivity index is 1.96. The maximum atomic E-state index is 14.2. The Hall–Kier alpha value is -2.90. The lowest BCUT2D eigenvalue weighted by Crippen LogP contribution is -2.48. The quantitative estimate of drug-likeness (QED) is 0.361. The zero-order valence-corrected chi connectivity index (χ0v) is 28.5. The van der Waals surface area contributed by atoms with Crippen molar-refractivity contribution in [2.45, 2.75) is 83.1 Å². The average Bonchev–Trinajstić information content (AvgIpc) is 2.98. The number of anilines is 1. The van der Waals surface area contributed by atoms with Gasteiger partial charge in [-0.2, -0.15) is 4.31 Å². The Labute approximate surface area is 272 Å². The molecule has 0 aliphatic carbocycles. The van der Waals surface area contributed by atoms with Crippen LogP contribution in [0.4, 0.5) is 10.5 Å². The van der Waals surface area contributed by atoms with Gasteiger partial charge in [-0.3, -0.25) is 4.79 Å². The minimum Gasteiger partial charge on any atom is -0.490 e. The summed E-state index contributed by atoms with van der Waals surface area (Å²) in [5, 5.41) is 16.1. The molecule has 3 rings (SSSR count). The Morgan fingerprint density at radius 1 is 1.13 bits per heavy atom. The fourth-order valence-corrected chi connectivity index (χ4v) is 6.34. The van der Waals surface area contributed by atoms with Crippen molar-refractivity contribution >= 4 is 39.2 Å². The Bertz CT molecular complexity index is 1390. The molecule has 0 aromatic heterocycles. The number of aliphatic hydroxyl groups is 1. The molecule has 0 spiro atoms. The summed E-state index contributed by atoms with van der Waals surface area (Å²) in [7, 11) is -2.33. The zero-order chi connectivity index (χ0) is 33.3. The third kappa shape index (κ3) is 10.3. The molecule has 0 bridgehead atoms. The van der Waals surface area contributed by atoms with Crippen LogP contribution in [0.5, 0.6) is 5.75 Å². The lowest BCUT2D eigenvalue weighted by Gasteiger charge is -2.35. The normalized spacial score (nSPS) is 21.1. The standard InChI is InChI=1S/C32H47ClN4O7S/c1-21(2)34-32(40)35-26-12-15-29-28(17-26)31(39)37(23(4)20-38)18-22(3)30(43-16-8-7-9-24(5)44-29)19-36(6)45(41,42)27-13-10-25(33)11-14-27/h10-15,17,21-24,30,38H,7-9,16,18-20H2,1-6H3,(H2,34,35,40)/t22-,23-,24-,30-/m0/s1. The number of ether oxygens (including phenoxy) is 2. The number of halogens is 1. The number of carbonyl (C=O) groups is 2. The van der Waals surface area contributed by atoms with Crippen molar-refractivity contribution in [1.82, 2.24) is 14.5 Å². The second kappa shape index (κ2) is 16.6. The van der Waals surface area contributed by atoms with Crippen molar-refractivity contribution in [2.24, 2.45) is 5.92 Å². The molecule has 2 aromatic rings. The molecule has 3 N–H and O–H groups in total. The molecule has 45 heavy (non-hydrogen) atoms. The highest BCUT2D eigenvalue weighted by molar-refractivity contribution is 7.89. The maximum absolute atomic E-state index is 14.2. The number of fused-ring (bicyclic) bond motifs is 1. The topological polar surface area (TPSA) is 138 Å². The van der Waals surface area contributed by atoms with Gasteiger partial charge in [0.05, 0.1) is 35.3 Å². The number of hydrogen-bond donors (Lipinski definition) is 3. The highest BCUT2D eigenvalue weighted by Crippen LogP contribution is 2.29. The number of sulfonamides is 1. The van der Waals surface area contributed by atoms with Crippen LogP contribution in [0.1, 0.15) is 64.2 Å². The molecule has 3 amide bonds. The molecular weight excluding hydrogens is 620 g/mol. The summed E-state index contributed by atoms with van der Waals surface area (Å²) >= 11 is 5.97. The Morgan fingerprint density at radius 2 is 1.82 bits per heavy atom. The molecule has 0 fully saturated rings. The number of rotatable bonds is 8. The average molecular weight is 667 g/mol. The largest absolute Gasteiger partial charge is 0.490 e. The van der Waals surface area contributed by atoms with Crippen LogP contribution in [-0.4, -0.2) is 92.3 Å². The molecule has 4 atom stereocenters. The summed E-state index contributed by atoms with van der Waals surface area (Å²) in [6.07, 6.45) is 1.47. The molecule has 0 radical (unpaired) electrons. The number of amides is 3. The number of carbonyl (C=O) groups excluding carboxylic acids is 2. The zero-order valence-electron chi connectivity index (χ0n) is 27.0. The van der Waals surface area contributed by atoms with E-state index in [1.807, 2.05) is 27.7 Å². The van der Waals surface area contributed by atoms with Crippen LogP contribution < -0.4 is 15.4 Å². The Kier molecular flexibility index (Phi) is 13.5. The van der Waals surface area contributed by atoms with Gasteiger partial charge < -0.3 is 30.1 Å². The van der Waals surface area contributed by atoms with Crippen LogP contribution in [-0.2, 0) is 14.8 Å².